The highest BCUT2D eigenvalue weighted by Gasteiger charge is 2.54. The third kappa shape index (κ3) is 41.0. The summed E-state index contributed by atoms with van der Waals surface area (Å²) in [5, 5.41) is 14.9. The van der Waals surface area contributed by atoms with Crippen molar-refractivity contribution in [1.29, 1.82) is 0 Å². The van der Waals surface area contributed by atoms with Crippen LogP contribution in [0, 0.1) is 0 Å². The lowest BCUT2D eigenvalue weighted by Gasteiger charge is -2.47. The van der Waals surface area contributed by atoms with Gasteiger partial charge in [0.15, 0.2) is 18.7 Å². The first-order valence-electron chi connectivity index (χ1n) is 34.9. The molecule has 2 fully saturated rings. The standard InChI is InChI=1S/C66H125NO20P2/c1-7-11-15-19-22-25-26-27-28-29-30-32-34-38-42-46-58(70)85-64-63(81-49-47-54(79-6)45-41-36-18-14-10-4)61(86-88(72,73)74)56(51-78-5)84-66(64)82-52-55-60(71)62(80-48-43-39-35-24-21-17-13-9-3)59(65(83-55)87-89(75,76)77)67-57(69)50-53(68)44-40-37-33-31-23-20-16-12-8-2/h25-26,54-56,59-66,71H,7-24,27-52H2,1-6H3,(H,67,69)(H2,72,73,74)(H2,75,76,77)/b26-25-/t54-,55-,56-,59-,60-,61-,62-,63+,64-,65-,66-/m1/s1. The molecule has 0 spiro atoms. The van der Waals surface area contributed by atoms with E-state index in [-0.39, 0.29) is 44.5 Å². The van der Waals surface area contributed by atoms with Crippen LogP contribution in [0.2, 0.25) is 0 Å². The predicted octanol–water partition coefficient (Wildman–Crippen LogP) is 14.0. The topological polar surface area (TPSA) is 291 Å². The van der Waals surface area contributed by atoms with E-state index in [2.05, 4.69) is 45.2 Å². The van der Waals surface area contributed by atoms with Crippen molar-refractivity contribution in [3.63, 3.8) is 0 Å². The molecule has 0 aromatic heterocycles. The fourth-order valence-corrected chi connectivity index (χ4v) is 12.6. The SMILES string of the molecule is CCCCCC/C=C\CCCCCCCCCC(=O)O[C@H]1[C@H](OC[C@H]2O[C@H](OP(=O)(O)O)[C@H](NC(=O)CC(=O)CCCCCCCCCCC)[C@@H](OCCCCCCCCCC)[C@@H]2O)O[C@H](COC)[C@@H](OP(=O)(O)O)[C@@H]1OCC[C@@H](CCCCCCC)OC. The van der Waals surface area contributed by atoms with Gasteiger partial charge in [0, 0.05) is 40.3 Å². The van der Waals surface area contributed by atoms with Crippen LogP contribution < -0.4 is 5.32 Å². The van der Waals surface area contributed by atoms with E-state index >= 15 is 0 Å². The van der Waals surface area contributed by atoms with Crippen molar-refractivity contribution >= 4 is 33.3 Å². The van der Waals surface area contributed by atoms with Crippen LogP contribution in [-0.4, -0.2) is 150 Å². The summed E-state index contributed by atoms with van der Waals surface area (Å²) in [5.41, 5.74) is 0. The Bertz CT molecular complexity index is 1890. The zero-order valence-corrected chi connectivity index (χ0v) is 57.7. The van der Waals surface area contributed by atoms with Crippen LogP contribution in [0.5, 0.6) is 0 Å². The number of aliphatic hydroxyl groups excluding tert-OH is 1. The van der Waals surface area contributed by atoms with Gasteiger partial charge in [0.1, 0.15) is 48.4 Å². The number of rotatable bonds is 59. The first kappa shape index (κ1) is 83.3. The fraction of sp³-hybridized carbons (Fsp3) is 0.924. The molecule has 23 heteroatoms. The van der Waals surface area contributed by atoms with Crippen molar-refractivity contribution in [3.05, 3.63) is 12.2 Å². The van der Waals surface area contributed by atoms with E-state index in [1.807, 2.05) is 0 Å². The van der Waals surface area contributed by atoms with Crippen molar-refractivity contribution in [2.24, 2.45) is 0 Å². The molecule has 1 amide bonds. The number of carbonyl (C=O) groups is 3. The average Bonchev–Trinajstić information content (AvgIpc) is 0.966. The van der Waals surface area contributed by atoms with Gasteiger partial charge in [-0.2, -0.15) is 0 Å². The predicted molar refractivity (Wildman–Crippen MR) is 345 cm³/mol. The van der Waals surface area contributed by atoms with E-state index in [1.54, 1.807) is 7.11 Å². The van der Waals surface area contributed by atoms with Crippen LogP contribution in [0.1, 0.15) is 285 Å². The fourth-order valence-electron chi connectivity index (χ4n) is 11.6. The molecule has 0 unspecified atom stereocenters. The number of phosphoric acid groups is 2. The van der Waals surface area contributed by atoms with Gasteiger partial charge in [-0.15, -0.1) is 0 Å². The lowest BCUT2D eigenvalue weighted by Crippen LogP contribution is -2.66. The molecule has 6 N–H and O–H groups in total. The molecule has 0 saturated carbocycles. The number of Topliss-reactive ketones (excluding diaryl/α,β-unsaturated/α-hetero) is 1. The number of carbonyl (C=O) groups excluding carboxylic acids is 3. The minimum Gasteiger partial charge on any atom is -0.454 e. The van der Waals surface area contributed by atoms with Crippen molar-refractivity contribution in [2.45, 2.75) is 352 Å². The Labute approximate surface area is 536 Å². The normalized spacial score (nSPS) is 22.9. The Balaban J connectivity index is 2.45. The van der Waals surface area contributed by atoms with Crippen LogP contribution in [0.3, 0.4) is 0 Å². The quantitative estimate of drug-likeness (QED) is 0.0108. The zero-order chi connectivity index (χ0) is 65.4. The van der Waals surface area contributed by atoms with Gasteiger partial charge in [0.2, 0.25) is 5.91 Å². The number of phosphoric ester groups is 2. The van der Waals surface area contributed by atoms with E-state index in [1.165, 1.54) is 58.5 Å². The molecule has 0 aromatic carbocycles. The second-order valence-corrected chi connectivity index (χ2v) is 27.1. The lowest BCUT2D eigenvalue weighted by molar-refractivity contribution is -0.323. The molecule has 2 aliphatic heterocycles. The highest BCUT2D eigenvalue weighted by atomic mass is 31.2. The van der Waals surface area contributed by atoms with Crippen LogP contribution in [0.4, 0.5) is 0 Å². The van der Waals surface area contributed by atoms with E-state index < -0.39 is 102 Å². The summed E-state index contributed by atoms with van der Waals surface area (Å²) in [6, 6.07) is -1.53. The van der Waals surface area contributed by atoms with Crippen LogP contribution >= 0.6 is 15.6 Å². The minimum atomic E-state index is -5.40. The summed E-state index contributed by atoms with van der Waals surface area (Å²) in [6.45, 7) is 7.78. The number of hydrogen-bond donors (Lipinski definition) is 6. The number of hydrogen-bond acceptors (Lipinski definition) is 16. The Morgan fingerprint density at radius 1 is 0.494 bits per heavy atom. The van der Waals surface area contributed by atoms with E-state index in [9.17, 15) is 48.2 Å². The summed E-state index contributed by atoms with van der Waals surface area (Å²) in [4.78, 5) is 82.0. The summed E-state index contributed by atoms with van der Waals surface area (Å²) in [5.74, 6) is -1.78. The molecule has 2 saturated heterocycles. The smallest absolute Gasteiger partial charge is 0.454 e. The van der Waals surface area contributed by atoms with Crippen LogP contribution in [0.15, 0.2) is 12.2 Å². The van der Waals surface area contributed by atoms with Crippen molar-refractivity contribution < 1.29 is 95.1 Å². The van der Waals surface area contributed by atoms with Gasteiger partial charge in [-0.05, 0) is 57.8 Å². The minimum absolute atomic E-state index is 0.0179. The molecule has 0 aliphatic carbocycles. The van der Waals surface area contributed by atoms with Crippen molar-refractivity contribution in [3.8, 4) is 0 Å². The maximum Gasteiger partial charge on any atom is 0.472 e. The Hall–Kier alpha value is -1.75. The van der Waals surface area contributed by atoms with E-state index in [4.69, 9.17) is 46.9 Å². The summed E-state index contributed by atoms with van der Waals surface area (Å²) >= 11 is 0. The molecule has 0 bridgehead atoms. The number of ether oxygens (including phenoxy) is 8. The second kappa shape index (κ2) is 52.5. The molecule has 0 aromatic rings. The number of esters is 1. The van der Waals surface area contributed by atoms with Gasteiger partial charge in [0.25, 0.3) is 0 Å². The molecule has 2 heterocycles. The molecule has 21 nitrogen and oxygen atoms in total. The van der Waals surface area contributed by atoms with Gasteiger partial charge in [-0.3, -0.25) is 23.4 Å². The molecular formula is C66H125NO20P2. The highest BCUT2D eigenvalue weighted by Crippen LogP contribution is 2.44. The Morgan fingerprint density at radius 3 is 1.49 bits per heavy atom. The maximum atomic E-state index is 14.0. The number of allylic oxidation sites excluding steroid dienone is 2. The number of unbranched alkanes of at least 4 members (excludes halogenated alkanes) is 30. The highest BCUT2D eigenvalue weighted by molar-refractivity contribution is 7.46. The van der Waals surface area contributed by atoms with Gasteiger partial charge in [-0.1, -0.05) is 220 Å². The number of amides is 1. The third-order valence-electron chi connectivity index (χ3n) is 16.7. The number of nitrogens with one attached hydrogen (secondary N) is 1. The van der Waals surface area contributed by atoms with Gasteiger partial charge in [0.05, 0.1) is 25.7 Å². The molecule has 11 atom stereocenters. The molecule has 524 valence electrons. The van der Waals surface area contributed by atoms with E-state index in [0.717, 1.165) is 161 Å². The monoisotopic (exact) mass is 1310 g/mol. The maximum absolute atomic E-state index is 14.0. The summed E-state index contributed by atoms with van der Waals surface area (Å²) in [7, 11) is -7.75. The molecule has 2 rings (SSSR count). The number of ketones is 1. The van der Waals surface area contributed by atoms with Gasteiger partial charge >= 0.3 is 21.6 Å². The zero-order valence-electron chi connectivity index (χ0n) is 55.9. The van der Waals surface area contributed by atoms with Crippen molar-refractivity contribution in [1.82, 2.24) is 5.32 Å². The van der Waals surface area contributed by atoms with Gasteiger partial charge < -0.3 is 67.9 Å². The first-order valence-corrected chi connectivity index (χ1v) is 38.0. The molecule has 0 radical (unpaired) electrons. The number of aliphatic hydroxyl groups is 1. The first-order chi connectivity index (χ1) is 42.9. The van der Waals surface area contributed by atoms with Crippen molar-refractivity contribution in [2.75, 3.05) is 40.6 Å². The largest absolute Gasteiger partial charge is 0.472 e. The Morgan fingerprint density at radius 2 is 0.966 bits per heavy atom. The van der Waals surface area contributed by atoms with E-state index in [0.29, 0.717) is 25.7 Å². The lowest BCUT2D eigenvalue weighted by atomic mass is 9.96. The average molecular weight is 1310 g/mol. The molecule has 89 heavy (non-hydrogen) atoms. The number of methoxy groups -OCH3 is 2. The molecular weight excluding hydrogens is 1190 g/mol. The third-order valence-corrected chi connectivity index (χ3v) is 17.7. The summed E-state index contributed by atoms with van der Waals surface area (Å²) in [6.07, 6.45) is 27.1. The van der Waals surface area contributed by atoms with Gasteiger partial charge in [-0.25, -0.2) is 9.13 Å². The Kier molecular flexibility index (Phi) is 49.2. The van der Waals surface area contributed by atoms with Crippen LogP contribution in [0.25, 0.3) is 0 Å². The second-order valence-electron chi connectivity index (χ2n) is 24.7. The van der Waals surface area contributed by atoms with Crippen LogP contribution in [-0.2, 0) is 70.5 Å². The summed E-state index contributed by atoms with van der Waals surface area (Å²) < 4.78 is 85.1. The molecule has 2 aliphatic rings.